The summed E-state index contributed by atoms with van der Waals surface area (Å²) in [5.74, 6) is 0. The molecule has 0 saturated carbocycles. The molecule has 0 aromatic heterocycles. The lowest BCUT2D eigenvalue weighted by molar-refractivity contribution is 0.588. The highest BCUT2D eigenvalue weighted by Gasteiger charge is 2.10. The third-order valence-corrected chi connectivity index (χ3v) is 3.30. The first kappa shape index (κ1) is 10.2. The van der Waals surface area contributed by atoms with E-state index in [1.807, 2.05) is 13.0 Å². The Labute approximate surface area is 80.3 Å². The molecule has 1 aromatic carbocycles. The fraction of sp³-hybridized carbons (Fsp3) is 0.333. The van der Waals surface area contributed by atoms with Crippen LogP contribution in [0.5, 0.6) is 0 Å². The molecule has 1 rings (SSSR count). The Balaban J connectivity index is 0.00000169. The van der Waals surface area contributed by atoms with E-state index in [1.165, 1.54) is 7.05 Å². The van der Waals surface area contributed by atoms with Crippen LogP contribution in [0.4, 0.5) is 0 Å². The summed E-state index contributed by atoms with van der Waals surface area (Å²) in [5.41, 5.74) is 1.02. The van der Waals surface area contributed by atoms with Gasteiger partial charge in [-0.1, -0.05) is 19.1 Å². The Kier molecular flexibility index (Phi) is 3.06. The van der Waals surface area contributed by atoms with Crippen molar-refractivity contribution in [2.45, 2.75) is 18.2 Å². The average Bonchev–Trinajstić information content (AvgIpc) is 2.18. The van der Waals surface area contributed by atoms with E-state index in [2.05, 4.69) is 4.72 Å². The van der Waals surface area contributed by atoms with E-state index < -0.39 is 10.0 Å². The molecule has 0 aliphatic rings. The Morgan fingerprint density at radius 1 is 1.46 bits per heavy atom. The van der Waals surface area contributed by atoms with Crippen molar-refractivity contribution >= 4 is 10.0 Å². The van der Waals surface area contributed by atoms with E-state index >= 15 is 0 Å². The van der Waals surface area contributed by atoms with Gasteiger partial charge >= 0.3 is 0 Å². The third kappa shape index (κ3) is 2.29. The molecule has 0 unspecified atom stereocenters. The number of sulfonamides is 1. The number of aryl methyl sites for hydroxylation is 1. The standard InChI is InChI=1S/C9H13NO2S.H2/c1-3-8-5-4-6-9(7-8)13(11,12)10-2;/h4-7,10H,3H2,1-2H3;1H. The maximum Gasteiger partial charge on any atom is 0.240 e. The van der Waals surface area contributed by atoms with Crippen LogP contribution in [0.2, 0.25) is 0 Å². The minimum atomic E-state index is -3.28. The first-order valence-electron chi connectivity index (χ1n) is 4.12. The Bertz CT molecular complexity index is 390. The van der Waals surface area contributed by atoms with E-state index in [1.54, 1.807) is 18.2 Å². The Morgan fingerprint density at radius 2 is 2.15 bits per heavy atom. The van der Waals surface area contributed by atoms with E-state index in [0.717, 1.165) is 12.0 Å². The third-order valence-electron chi connectivity index (χ3n) is 1.89. The highest BCUT2D eigenvalue weighted by molar-refractivity contribution is 7.89. The molecule has 0 saturated heterocycles. The molecule has 1 aromatic rings. The normalized spacial score (nSPS) is 11.5. The van der Waals surface area contributed by atoms with Gasteiger partial charge in [0.25, 0.3) is 0 Å². The minimum absolute atomic E-state index is 0. The Morgan fingerprint density at radius 3 is 2.69 bits per heavy atom. The fourth-order valence-electron chi connectivity index (χ4n) is 1.05. The smallest absolute Gasteiger partial charge is 0.214 e. The summed E-state index contributed by atoms with van der Waals surface area (Å²) >= 11 is 0. The molecule has 74 valence electrons. The summed E-state index contributed by atoms with van der Waals surface area (Å²) in [6.07, 6.45) is 0.840. The van der Waals surface area contributed by atoms with Gasteiger partial charge in [0.15, 0.2) is 0 Å². The van der Waals surface area contributed by atoms with E-state index in [-0.39, 0.29) is 1.43 Å². The summed E-state index contributed by atoms with van der Waals surface area (Å²) in [6, 6.07) is 6.94. The lowest BCUT2D eigenvalue weighted by atomic mass is 10.2. The predicted octanol–water partition coefficient (Wildman–Crippen LogP) is 1.40. The van der Waals surface area contributed by atoms with Crippen LogP contribution in [0.3, 0.4) is 0 Å². The molecule has 13 heavy (non-hydrogen) atoms. The quantitative estimate of drug-likeness (QED) is 0.803. The monoisotopic (exact) mass is 201 g/mol. The zero-order chi connectivity index (χ0) is 9.90. The molecule has 0 fully saturated rings. The topological polar surface area (TPSA) is 46.2 Å². The van der Waals surface area contributed by atoms with Gasteiger partial charge in [-0.25, -0.2) is 13.1 Å². The lowest BCUT2D eigenvalue weighted by Gasteiger charge is -2.03. The molecule has 0 radical (unpaired) electrons. The second kappa shape index (κ2) is 3.89. The van der Waals surface area contributed by atoms with Crippen LogP contribution in [0.1, 0.15) is 13.9 Å². The number of nitrogens with one attached hydrogen (secondary N) is 1. The van der Waals surface area contributed by atoms with Crippen LogP contribution in [0, 0.1) is 0 Å². The fourth-order valence-corrected chi connectivity index (χ4v) is 1.85. The van der Waals surface area contributed by atoms with Crippen LogP contribution in [0.15, 0.2) is 29.2 Å². The molecule has 0 spiro atoms. The molecule has 3 nitrogen and oxygen atoms in total. The van der Waals surface area contributed by atoms with Crippen LogP contribution in [0.25, 0.3) is 0 Å². The number of hydrogen-bond donors (Lipinski definition) is 1. The number of rotatable bonds is 3. The highest BCUT2D eigenvalue weighted by Crippen LogP contribution is 2.10. The summed E-state index contributed by atoms with van der Waals surface area (Å²) in [7, 11) is -1.87. The molecule has 0 bridgehead atoms. The molecule has 0 aliphatic carbocycles. The second-order valence-electron chi connectivity index (χ2n) is 2.71. The average molecular weight is 201 g/mol. The summed E-state index contributed by atoms with van der Waals surface area (Å²) in [6.45, 7) is 1.99. The van der Waals surface area contributed by atoms with E-state index in [9.17, 15) is 8.42 Å². The van der Waals surface area contributed by atoms with Gasteiger partial charge in [-0.15, -0.1) is 0 Å². The van der Waals surface area contributed by atoms with Gasteiger partial charge in [-0.2, -0.15) is 0 Å². The van der Waals surface area contributed by atoms with E-state index in [4.69, 9.17) is 0 Å². The van der Waals surface area contributed by atoms with Gasteiger partial charge in [0.1, 0.15) is 0 Å². The zero-order valence-electron chi connectivity index (χ0n) is 7.74. The van der Waals surface area contributed by atoms with E-state index in [0.29, 0.717) is 4.90 Å². The maximum absolute atomic E-state index is 11.4. The second-order valence-corrected chi connectivity index (χ2v) is 4.60. The highest BCUT2D eigenvalue weighted by atomic mass is 32.2. The summed E-state index contributed by atoms with van der Waals surface area (Å²) in [5, 5.41) is 0. The first-order valence-corrected chi connectivity index (χ1v) is 5.61. The van der Waals surface area contributed by atoms with Gasteiger partial charge in [0.2, 0.25) is 10.0 Å². The van der Waals surface area contributed by atoms with Crippen LogP contribution < -0.4 is 4.72 Å². The summed E-state index contributed by atoms with van der Waals surface area (Å²) < 4.78 is 25.0. The van der Waals surface area contributed by atoms with Gasteiger partial charge in [0, 0.05) is 1.43 Å². The molecule has 4 heteroatoms. The van der Waals surface area contributed by atoms with Crippen molar-refractivity contribution in [2.75, 3.05) is 7.05 Å². The van der Waals surface area contributed by atoms with Gasteiger partial charge < -0.3 is 0 Å². The van der Waals surface area contributed by atoms with Crippen molar-refractivity contribution in [3.05, 3.63) is 29.8 Å². The van der Waals surface area contributed by atoms with Crippen molar-refractivity contribution in [2.24, 2.45) is 0 Å². The largest absolute Gasteiger partial charge is 0.240 e. The number of hydrogen-bond acceptors (Lipinski definition) is 2. The van der Waals surface area contributed by atoms with Crippen molar-refractivity contribution in [1.29, 1.82) is 0 Å². The molecule has 0 heterocycles. The van der Waals surface area contributed by atoms with Crippen LogP contribution >= 0.6 is 0 Å². The zero-order valence-corrected chi connectivity index (χ0v) is 8.56. The van der Waals surface area contributed by atoms with Crippen molar-refractivity contribution in [1.82, 2.24) is 4.72 Å². The molecule has 0 aliphatic heterocycles. The van der Waals surface area contributed by atoms with Crippen molar-refractivity contribution in [3.63, 3.8) is 0 Å². The van der Waals surface area contributed by atoms with Gasteiger partial charge in [0.05, 0.1) is 4.90 Å². The number of benzene rings is 1. The van der Waals surface area contributed by atoms with Crippen LogP contribution in [-0.4, -0.2) is 15.5 Å². The van der Waals surface area contributed by atoms with Gasteiger partial charge in [-0.3, -0.25) is 0 Å². The molecule has 1 N–H and O–H groups in total. The molecule has 0 atom stereocenters. The minimum Gasteiger partial charge on any atom is -0.214 e. The van der Waals surface area contributed by atoms with Crippen molar-refractivity contribution < 1.29 is 9.84 Å². The van der Waals surface area contributed by atoms with Gasteiger partial charge in [-0.05, 0) is 31.2 Å². The lowest BCUT2D eigenvalue weighted by Crippen LogP contribution is -2.18. The predicted molar refractivity (Wildman–Crippen MR) is 54.2 cm³/mol. The van der Waals surface area contributed by atoms with Crippen LogP contribution in [-0.2, 0) is 16.4 Å². The SMILES string of the molecule is CCc1cccc(S(=O)(=O)NC)c1.[HH]. The summed E-state index contributed by atoms with van der Waals surface area (Å²) in [4.78, 5) is 0.328. The molecular formula is C9H15NO2S. The maximum atomic E-state index is 11.4. The molecular weight excluding hydrogens is 186 g/mol. The molecule has 0 amide bonds. The first-order chi connectivity index (χ1) is 6.10. The Hall–Kier alpha value is -0.870. The van der Waals surface area contributed by atoms with Crippen molar-refractivity contribution in [3.8, 4) is 0 Å².